The van der Waals surface area contributed by atoms with E-state index in [0.29, 0.717) is 11.3 Å². The van der Waals surface area contributed by atoms with E-state index in [9.17, 15) is 4.79 Å². The molecule has 0 aromatic carbocycles. The van der Waals surface area contributed by atoms with Gasteiger partial charge in [-0.25, -0.2) is 0 Å². The molecule has 0 atom stereocenters. The van der Waals surface area contributed by atoms with Gasteiger partial charge in [0.1, 0.15) is 17.4 Å². The second-order valence-corrected chi connectivity index (χ2v) is 2.32. The minimum absolute atomic E-state index is 0.189. The van der Waals surface area contributed by atoms with Crippen molar-refractivity contribution >= 4 is 0 Å². The third kappa shape index (κ3) is 1.30. The third-order valence-electron chi connectivity index (χ3n) is 1.53. The predicted molar refractivity (Wildman–Crippen MR) is 43.0 cm³/mol. The fourth-order valence-corrected chi connectivity index (χ4v) is 0.865. The molecule has 62 valence electrons. The Balaban J connectivity index is 3.42. The maximum atomic E-state index is 11.0. The summed E-state index contributed by atoms with van der Waals surface area (Å²) in [4.78, 5) is 11.0. The van der Waals surface area contributed by atoms with Gasteiger partial charge in [0.05, 0.1) is 7.11 Å². The molecule has 1 aromatic rings. The van der Waals surface area contributed by atoms with Crippen molar-refractivity contribution in [2.75, 3.05) is 7.11 Å². The molecule has 0 bridgehead atoms. The van der Waals surface area contributed by atoms with Crippen molar-refractivity contribution in [2.24, 2.45) is 7.05 Å². The van der Waals surface area contributed by atoms with Gasteiger partial charge in [-0.05, 0) is 0 Å². The van der Waals surface area contributed by atoms with Crippen molar-refractivity contribution in [1.29, 1.82) is 5.26 Å². The first kappa shape index (κ1) is 8.34. The highest BCUT2D eigenvalue weighted by Gasteiger charge is 2.03. The number of methoxy groups -OCH3 is 1. The Morgan fingerprint density at radius 1 is 1.67 bits per heavy atom. The Labute approximate surface area is 69.6 Å². The number of pyridine rings is 1. The normalized spacial score (nSPS) is 9.08. The minimum atomic E-state index is -0.189. The second kappa shape index (κ2) is 3.09. The first-order chi connectivity index (χ1) is 5.69. The molecule has 0 fully saturated rings. The quantitative estimate of drug-likeness (QED) is 0.598. The molecule has 1 heterocycles. The van der Waals surface area contributed by atoms with E-state index in [1.54, 1.807) is 7.05 Å². The van der Waals surface area contributed by atoms with Gasteiger partial charge in [-0.3, -0.25) is 4.79 Å². The summed E-state index contributed by atoms with van der Waals surface area (Å²) in [6.07, 6.45) is 1.45. The number of ether oxygens (including phenoxy) is 1. The zero-order valence-corrected chi connectivity index (χ0v) is 6.87. The van der Waals surface area contributed by atoms with E-state index in [2.05, 4.69) is 0 Å². The van der Waals surface area contributed by atoms with Crippen LogP contribution < -0.4 is 10.3 Å². The number of aryl methyl sites for hydroxylation is 1. The van der Waals surface area contributed by atoms with Crippen LogP contribution in [-0.2, 0) is 7.05 Å². The summed E-state index contributed by atoms with van der Waals surface area (Å²) in [5.74, 6) is 0.320. The predicted octanol–water partition coefficient (Wildman–Crippen LogP) is 0.266. The minimum Gasteiger partial charge on any atom is -0.495 e. The van der Waals surface area contributed by atoms with E-state index < -0.39 is 0 Å². The molecular weight excluding hydrogens is 156 g/mol. The molecule has 0 aliphatic rings. The van der Waals surface area contributed by atoms with Crippen LogP contribution >= 0.6 is 0 Å². The summed E-state index contributed by atoms with van der Waals surface area (Å²) in [5.41, 5.74) is 0.172. The average molecular weight is 164 g/mol. The topological polar surface area (TPSA) is 55.0 Å². The van der Waals surface area contributed by atoms with Crippen LogP contribution in [0.2, 0.25) is 0 Å². The van der Waals surface area contributed by atoms with E-state index >= 15 is 0 Å². The number of nitriles is 1. The van der Waals surface area contributed by atoms with Gasteiger partial charge >= 0.3 is 0 Å². The first-order valence-corrected chi connectivity index (χ1v) is 3.34. The van der Waals surface area contributed by atoms with Crippen molar-refractivity contribution in [3.8, 4) is 11.8 Å². The van der Waals surface area contributed by atoms with Crippen molar-refractivity contribution in [3.63, 3.8) is 0 Å². The van der Waals surface area contributed by atoms with Crippen molar-refractivity contribution < 1.29 is 4.74 Å². The highest BCUT2D eigenvalue weighted by Crippen LogP contribution is 2.12. The molecule has 4 heteroatoms. The van der Waals surface area contributed by atoms with Gasteiger partial charge in [-0.2, -0.15) is 5.26 Å². The van der Waals surface area contributed by atoms with Crippen molar-refractivity contribution in [1.82, 2.24) is 4.57 Å². The molecular formula is C8H8N2O2. The van der Waals surface area contributed by atoms with Gasteiger partial charge in [0.15, 0.2) is 0 Å². The Hall–Kier alpha value is -1.76. The van der Waals surface area contributed by atoms with Gasteiger partial charge in [-0.15, -0.1) is 0 Å². The van der Waals surface area contributed by atoms with E-state index in [1.165, 1.54) is 23.9 Å². The molecule has 1 rings (SSSR count). The smallest absolute Gasteiger partial charge is 0.254 e. The van der Waals surface area contributed by atoms with Crippen LogP contribution in [0.3, 0.4) is 0 Å². The Bertz CT molecular complexity index is 387. The standard InChI is InChI=1S/C8H8N2O2/c1-10-5-6(4-9)7(12-2)3-8(10)11/h3,5H,1-2H3. The van der Waals surface area contributed by atoms with Gasteiger partial charge in [0.2, 0.25) is 0 Å². The van der Waals surface area contributed by atoms with Crippen molar-refractivity contribution in [3.05, 3.63) is 28.2 Å². The highest BCUT2D eigenvalue weighted by molar-refractivity contribution is 5.40. The lowest BCUT2D eigenvalue weighted by atomic mass is 10.3. The molecule has 0 unspecified atom stereocenters. The molecule has 0 saturated heterocycles. The monoisotopic (exact) mass is 164 g/mol. The molecule has 12 heavy (non-hydrogen) atoms. The summed E-state index contributed by atoms with van der Waals surface area (Å²) in [6.45, 7) is 0. The van der Waals surface area contributed by atoms with Gasteiger partial charge in [0, 0.05) is 19.3 Å². The van der Waals surface area contributed by atoms with Crippen LogP contribution in [0.15, 0.2) is 17.1 Å². The first-order valence-electron chi connectivity index (χ1n) is 3.34. The van der Waals surface area contributed by atoms with E-state index in [4.69, 9.17) is 10.00 Å². The molecule has 0 saturated carbocycles. The lowest BCUT2D eigenvalue weighted by Gasteiger charge is -2.02. The van der Waals surface area contributed by atoms with Gasteiger partial charge in [-0.1, -0.05) is 0 Å². The van der Waals surface area contributed by atoms with Crippen LogP contribution in [0.1, 0.15) is 5.56 Å². The van der Waals surface area contributed by atoms with Crippen molar-refractivity contribution in [2.45, 2.75) is 0 Å². The Morgan fingerprint density at radius 2 is 2.33 bits per heavy atom. The zero-order chi connectivity index (χ0) is 9.14. The maximum absolute atomic E-state index is 11.0. The molecule has 1 aromatic heterocycles. The summed E-state index contributed by atoms with van der Waals surface area (Å²) in [7, 11) is 3.01. The molecule has 0 N–H and O–H groups in total. The fourth-order valence-electron chi connectivity index (χ4n) is 0.865. The number of rotatable bonds is 1. The molecule has 0 aliphatic carbocycles. The van der Waals surface area contributed by atoms with Gasteiger partial charge < -0.3 is 9.30 Å². The van der Waals surface area contributed by atoms with Crippen LogP contribution in [0.5, 0.6) is 5.75 Å². The van der Waals surface area contributed by atoms with Crippen LogP contribution in [0, 0.1) is 11.3 Å². The number of nitrogens with zero attached hydrogens (tertiary/aromatic N) is 2. The molecule has 0 amide bonds. The SMILES string of the molecule is COc1cc(=O)n(C)cc1C#N. The number of hydrogen-bond donors (Lipinski definition) is 0. The third-order valence-corrected chi connectivity index (χ3v) is 1.53. The number of aromatic nitrogens is 1. The average Bonchev–Trinajstić information content (AvgIpc) is 2.09. The van der Waals surface area contributed by atoms with Crippen LogP contribution in [0.25, 0.3) is 0 Å². The Kier molecular flexibility index (Phi) is 2.15. The molecule has 0 radical (unpaired) electrons. The Morgan fingerprint density at radius 3 is 2.83 bits per heavy atom. The fraction of sp³-hybridized carbons (Fsp3) is 0.250. The summed E-state index contributed by atoms with van der Waals surface area (Å²) >= 11 is 0. The zero-order valence-electron chi connectivity index (χ0n) is 6.87. The van der Waals surface area contributed by atoms with Crippen LogP contribution in [0.4, 0.5) is 0 Å². The summed E-state index contributed by atoms with van der Waals surface area (Å²) in [5, 5.41) is 8.62. The molecule has 4 nitrogen and oxygen atoms in total. The largest absolute Gasteiger partial charge is 0.495 e. The molecule has 0 aliphatic heterocycles. The lowest BCUT2D eigenvalue weighted by Crippen LogP contribution is -2.15. The molecule has 0 spiro atoms. The lowest BCUT2D eigenvalue weighted by molar-refractivity contribution is 0.411. The van der Waals surface area contributed by atoms with E-state index in [1.807, 2.05) is 6.07 Å². The van der Waals surface area contributed by atoms with Crippen LogP contribution in [-0.4, -0.2) is 11.7 Å². The summed E-state index contributed by atoms with van der Waals surface area (Å²) < 4.78 is 6.17. The second-order valence-electron chi connectivity index (χ2n) is 2.32. The maximum Gasteiger partial charge on any atom is 0.254 e. The highest BCUT2D eigenvalue weighted by atomic mass is 16.5. The van der Waals surface area contributed by atoms with E-state index in [-0.39, 0.29) is 5.56 Å². The van der Waals surface area contributed by atoms with Gasteiger partial charge in [0.25, 0.3) is 5.56 Å². The van der Waals surface area contributed by atoms with E-state index in [0.717, 1.165) is 0 Å². The number of hydrogen-bond acceptors (Lipinski definition) is 3. The summed E-state index contributed by atoms with van der Waals surface area (Å²) in [6, 6.07) is 3.22.